The van der Waals surface area contributed by atoms with E-state index in [-0.39, 0.29) is 5.41 Å². The Morgan fingerprint density at radius 2 is 1.84 bits per heavy atom. The van der Waals surface area contributed by atoms with Crippen molar-refractivity contribution < 1.29 is 9.47 Å². The lowest BCUT2D eigenvalue weighted by Gasteiger charge is -2.21. The summed E-state index contributed by atoms with van der Waals surface area (Å²) < 4.78 is 10.5. The average Bonchev–Trinajstić information content (AvgIpc) is 2.37. The average molecular weight is 265 g/mol. The molecule has 0 aliphatic rings. The molecule has 0 atom stereocenters. The van der Waals surface area contributed by atoms with Crippen molar-refractivity contribution in [1.29, 1.82) is 0 Å². The second kappa shape index (κ2) is 7.51. The SMILES string of the molecule is COCCNCCc1cc(C(C)(C)C)ccc1OC. The van der Waals surface area contributed by atoms with Crippen molar-refractivity contribution in [3.8, 4) is 5.75 Å². The minimum atomic E-state index is 0.171. The summed E-state index contributed by atoms with van der Waals surface area (Å²) in [4.78, 5) is 0. The molecule has 0 amide bonds. The van der Waals surface area contributed by atoms with Crippen LogP contribution in [0.1, 0.15) is 31.9 Å². The van der Waals surface area contributed by atoms with Gasteiger partial charge in [0.25, 0.3) is 0 Å². The summed E-state index contributed by atoms with van der Waals surface area (Å²) in [5.74, 6) is 0.974. The van der Waals surface area contributed by atoms with Crippen LogP contribution in [0.25, 0.3) is 0 Å². The Morgan fingerprint density at radius 3 is 2.42 bits per heavy atom. The summed E-state index contributed by atoms with van der Waals surface area (Å²) >= 11 is 0. The summed E-state index contributed by atoms with van der Waals surface area (Å²) in [5.41, 5.74) is 2.78. The molecule has 0 radical (unpaired) electrons. The van der Waals surface area contributed by atoms with Crippen molar-refractivity contribution >= 4 is 0 Å². The predicted molar refractivity (Wildman–Crippen MR) is 80.1 cm³/mol. The van der Waals surface area contributed by atoms with Gasteiger partial charge in [0, 0.05) is 13.7 Å². The van der Waals surface area contributed by atoms with Crippen LogP contribution >= 0.6 is 0 Å². The van der Waals surface area contributed by atoms with Crippen LogP contribution in [-0.2, 0) is 16.6 Å². The molecule has 0 saturated carbocycles. The normalized spacial score (nSPS) is 11.6. The van der Waals surface area contributed by atoms with E-state index >= 15 is 0 Å². The highest BCUT2D eigenvalue weighted by Crippen LogP contribution is 2.28. The minimum Gasteiger partial charge on any atom is -0.496 e. The van der Waals surface area contributed by atoms with Crippen LogP contribution in [0.15, 0.2) is 18.2 Å². The Morgan fingerprint density at radius 1 is 1.11 bits per heavy atom. The first kappa shape index (κ1) is 16.0. The van der Waals surface area contributed by atoms with E-state index in [1.54, 1.807) is 14.2 Å². The Hall–Kier alpha value is -1.06. The van der Waals surface area contributed by atoms with Crippen molar-refractivity contribution in [1.82, 2.24) is 5.32 Å². The van der Waals surface area contributed by atoms with Gasteiger partial charge in [-0.1, -0.05) is 32.9 Å². The number of nitrogens with one attached hydrogen (secondary N) is 1. The minimum absolute atomic E-state index is 0.171. The Balaban J connectivity index is 2.68. The molecule has 108 valence electrons. The van der Waals surface area contributed by atoms with Gasteiger partial charge in [-0.2, -0.15) is 0 Å². The molecule has 1 aromatic rings. The molecular weight excluding hydrogens is 238 g/mol. The lowest BCUT2D eigenvalue weighted by atomic mass is 9.85. The van der Waals surface area contributed by atoms with Gasteiger partial charge in [0.15, 0.2) is 0 Å². The fourth-order valence-corrected chi connectivity index (χ4v) is 1.96. The molecule has 0 aliphatic heterocycles. The third kappa shape index (κ3) is 5.21. The molecule has 1 aromatic carbocycles. The Bertz CT molecular complexity index is 383. The monoisotopic (exact) mass is 265 g/mol. The number of benzene rings is 1. The zero-order chi connectivity index (χ0) is 14.3. The molecule has 0 aliphatic carbocycles. The first-order valence-electron chi connectivity index (χ1n) is 6.86. The van der Waals surface area contributed by atoms with Gasteiger partial charge in [-0.05, 0) is 35.6 Å². The van der Waals surface area contributed by atoms with Gasteiger partial charge < -0.3 is 14.8 Å². The lowest BCUT2D eigenvalue weighted by Crippen LogP contribution is -2.22. The molecule has 1 rings (SSSR count). The topological polar surface area (TPSA) is 30.5 Å². The highest BCUT2D eigenvalue weighted by atomic mass is 16.5. The van der Waals surface area contributed by atoms with Crippen molar-refractivity contribution in [2.24, 2.45) is 0 Å². The molecule has 0 aromatic heterocycles. The van der Waals surface area contributed by atoms with Gasteiger partial charge in [-0.3, -0.25) is 0 Å². The maximum Gasteiger partial charge on any atom is 0.122 e. The van der Waals surface area contributed by atoms with E-state index in [2.05, 4.69) is 44.3 Å². The van der Waals surface area contributed by atoms with Gasteiger partial charge in [-0.15, -0.1) is 0 Å². The quantitative estimate of drug-likeness (QED) is 0.769. The van der Waals surface area contributed by atoms with Crippen LogP contribution in [-0.4, -0.2) is 33.9 Å². The second-order valence-corrected chi connectivity index (χ2v) is 5.77. The molecule has 3 nitrogen and oxygen atoms in total. The molecule has 0 spiro atoms. The number of rotatable bonds is 7. The fourth-order valence-electron chi connectivity index (χ4n) is 1.96. The molecule has 0 bridgehead atoms. The van der Waals surface area contributed by atoms with Gasteiger partial charge in [0.1, 0.15) is 5.75 Å². The summed E-state index contributed by atoms with van der Waals surface area (Å²) in [6.07, 6.45) is 0.969. The van der Waals surface area contributed by atoms with E-state index in [4.69, 9.17) is 9.47 Å². The number of methoxy groups -OCH3 is 2. The molecule has 0 heterocycles. The molecule has 1 N–H and O–H groups in total. The van der Waals surface area contributed by atoms with Crippen molar-refractivity contribution in [2.45, 2.75) is 32.6 Å². The van der Waals surface area contributed by atoms with Crippen LogP contribution in [0.3, 0.4) is 0 Å². The van der Waals surface area contributed by atoms with Crippen molar-refractivity contribution in [3.63, 3.8) is 0 Å². The van der Waals surface area contributed by atoms with E-state index in [9.17, 15) is 0 Å². The first-order chi connectivity index (χ1) is 8.99. The standard InChI is InChI=1S/C16H27NO2/c1-16(2,3)14-6-7-15(19-5)13(12-14)8-9-17-10-11-18-4/h6-7,12,17H,8-11H2,1-5H3. The van der Waals surface area contributed by atoms with Crippen molar-refractivity contribution in [3.05, 3.63) is 29.3 Å². The van der Waals surface area contributed by atoms with Crippen LogP contribution in [0, 0.1) is 0 Å². The van der Waals surface area contributed by atoms with Gasteiger partial charge in [0.05, 0.1) is 13.7 Å². The highest BCUT2D eigenvalue weighted by Gasteiger charge is 2.15. The maximum atomic E-state index is 5.44. The van der Waals surface area contributed by atoms with Crippen molar-refractivity contribution in [2.75, 3.05) is 33.9 Å². The number of ether oxygens (including phenoxy) is 2. The zero-order valence-electron chi connectivity index (χ0n) is 12.9. The molecule has 19 heavy (non-hydrogen) atoms. The highest BCUT2D eigenvalue weighted by molar-refractivity contribution is 5.39. The van der Waals surface area contributed by atoms with Gasteiger partial charge >= 0.3 is 0 Å². The van der Waals surface area contributed by atoms with Gasteiger partial charge in [-0.25, -0.2) is 0 Å². The fraction of sp³-hybridized carbons (Fsp3) is 0.625. The van der Waals surface area contributed by atoms with E-state index < -0.39 is 0 Å². The van der Waals surface area contributed by atoms with Crippen LogP contribution in [0.5, 0.6) is 5.75 Å². The Labute approximate surface area is 117 Å². The largest absolute Gasteiger partial charge is 0.496 e. The first-order valence-corrected chi connectivity index (χ1v) is 6.86. The lowest BCUT2D eigenvalue weighted by molar-refractivity contribution is 0.199. The van der Waals surface area contributed by atoms with E-state index in [0.717, 1.165) is 31.9 Å². The molecule has 0 unspecified atom stereocenters. The third-order valence-electron chi connectivity index (χ3n) is 3.20. The van der Waals surface area contributed by atoms with Crippen LogP contribution in [0.2, 0.25) is 0 Å². The smallest absolute Gasteiger partial charge is 0.122 e. The number of hydrogen-bond donors (Lipinski definition) is 1. The molecule has 3 heteroatoms. The van der Waals surface area contributed by atoms with Crippen LogP contribution < -0.4 is 10.1 Å². The zero-order valence-corrected chi connectivity index (χ0v) is 12.9. The second-order valence-electron chi connectivity index (χ2n) is 5.77. The van der Waals surface area contributed by atoms with E-state index in [0.29, 0.717) is 0 Å². The number of hydrogen-bond acceptors (Lipinski definition) is 3. The molecular formula is C16H27NO2. The van der Waals surface area contributed by atoms with Crippen LogP contribution in [0.4, 0.5) is 0 Å². The maximum absolute atomic E-state index is 5.44. The summed E-state index contributed by atoms with van der Waals surface area (Å²) in [7, 11) is 3.45. The molecule has 0 saturated heterocycles. The third-order valence-corrected chi connectivity index (χ3v) is 3.20. The van der Waals surface area contributed by atoms with E-state index in [1.807, 2.05) is 0 Å². The molecule has 0 fully saturated rings. The summed E-state index contributed by atoms with van der Waals surface area (Å²) in [6, 6.07) is 6.49. The Kier molecular flexibility index (Phi) is 6.32. The van der Waals surface area contributed by atoms with Gasteiger partial charge in [0.2, 0.25) is 0 Å². The summed E-state index contributed by atoms with van der Waals surface area (Å²) in [6.45, 7) is 9.27. The predicted octanol–water partition coefficient (Wildman–Crippen LogP) is 2.77. The summed E-state index contributed by atoms with van der Waals surface area (Å²) in [5, 5.41) is 3.36. The van der Waals surface area contributed by atoms with E-state index in [1.165, 1.54) is 11.1 Å².